The van der Waals surface area contributed by atoms with Crippen molar-refractivity contribution in [2.45, 2.75) is 32.0 Å². The minimum absolute atomic E-state index is 0.103. The molecule has 0 radical (unpaired) electrons. The van der Waals surface area contributed by atoms with Gasteiger partial charge in [0.25, 0.3) is 0 Å². The van der Waals surface area contributed by atoms with Crippen molar-refractivity contribution in [1.29, 1.82) is 0 Å². The van der Waals surface area contributed by atoms with E-state index in [0.29, 0.717) is 6.42 Å². The third-order valence-electron chi connectivity index (χ3n) is 3.28. The van der Waals surface area contributed by atoms with Crippen LogP contribution in [-0.4, -0.2) is 51.0 Å². The number of aliphatic carboxylic acids is 1. The summed E-state index contributed by atoms with van der Waals surface area (Å²) in [6, 6.07) is 6.92. The lowest BCUT2D eigenvalue weighted by Crippen LogP contribution is -2.47. The van der Waals surface area contributed by atoms with E-state index >= 15 is 0 Å². The Hall–Kier alpha value is -3.51. The highest BCUT2D eigenvalue weighted by atomic mass is 16.4. The smallest absolute Gasteiger partial charge is 0.328 e. The van der Waals surface area contributed by atoms with Crippen LogP contribution in [0.4, 0.5) is 4.79 Å². The molecule has 0 aliphatic rings. The molecule has 0 fully saturated rings. The van der Waals surface area contributed by atoms with Gasteiger partial charge in [0, 0.05) is 6.92 Å². The molecule has 2 atom stereocenters. The lowest BCUT2D eigenvalue weighted by molar-refractivity contribution is -0.140. The SMILES string of the molecule is CC(N)=O.NC(Cc1ccccc1)c1nnc(CNC(=O)NC(CO)C(=O)O)o1. The number of carboxylic acids is 1. The average molecular weight is 408 g/mol. The Morgan fingerprint density at radius 3 is 2.38 bits per heavy atom. The maximum Gasteiger partial charge on any atom is 0.328 e. The monoisotopic (exact) mass is 408 g/mol. The second kappa shape index (κ2) is 12.0. The summed E-state index contributed by atoms with van der Waals surface area (Å²) in [6.45, 7) is 0.483. The summed E-state index contributed by atoms with van der Waals surface area (Å²) in [5.74, 6) is -1.31. The molecule has 0 saturated heterocycles. The summed E-state index contributed by atoms with van der Waals surface area (Å²) in [4.78, 5) is 31.5. The molecule has 12 heteroatoms. The zero-order valence-corrected chi connectivity index (χ0v) is 15.7. The number of amides is 3. The van der Waals surface area contributed by atoms with E-state index in [1.54, 1.807) is 0 Å². The van der Waals surface area contributed by atoms with Crippen molar-refractivity contribution in [3.05, 3.63) is 47.7 Å². The van der Waals surface area contributed by atoms with Gasteiger partial charge in [-0.05, 0) is 12.0 Å². The van der Waals surface area contributed by atoms with Crippen molar-refractivity contribution in [3.8, 4) is 0 Å². The molecule has 29 heavy (non-hydrogen) atoms. The molecule has 2 rings (SSSR count). The van der Waals surface area contributed by atoms with Crippen molar-refractivity contribution in [2.24, 2.45) is 11.5 Å². The topological polar surface area (TPSA) is 207 Å². The number of nitrogens with zero attached hydrogens (tertiary/aromatic N) is 2. The van der Waals surface area contributed by atoms with Gasteiger partial charge in [-0.3, -0.25) is 4.79 Å². The second-order valence-electron chi connectivity index (χ2n) is 5.84. The lowest BCUT2D eigenvalue weighted by atomic mass is 10.1. The Labute approximate surface area is 166 Å². The Balaban J connectivity index is 0.000000960. The van der Waals surface area contributed by atoms with E-state index in [9.17, 15) is 14.4 Å². The van der Waals surface area contributed by atoms with Gasteiger partial charge in [-0.25, -0.2) is 9.59 Å². The van der Waals surface area contributed by atoms with Crippen LogP contribution in [-0.2, 0) is 22.6 Å². The molecule has 0 saturated carbocycles. The number of hydrogen-bond acceptors (Lipinski definition) is 8. The molecule has 8 N–H and O–H groups in total. The first-order chi connectivity index (χ1) is 13.7. The Kier molecular flexibility index (Phi) is 9.78. The molecule has 158 valence electrons. The summed E-state index contributed by atoms with van der Waals surface area (Å²) >= 11 is 0. The number of aliphatic hydroxyl groups is 1. The second-order valence-corrected chi connectivity index (χ2v) is 5.84. The zero-order valence-electron chi connectivity index (χ0n) is 15.7. The summed E-state index contributed by atoms with van der Waals surface area (Å²) in [6.07, 6.45) is 0.521. The van der Waals surface area contributed by atoms with Gasteiger partial charge in [0.1, 0.15) is 0 Å². The van der Waals surface area contributed by atoms with Crippen LogP contribution in [0.1, 0.15) is 30.3 Å². The molecule has 12 nitrogen and oxygen atoms in total. The quantitative estimate of drug-likeness (QED) is 0.318. The summed E-state index contributed by atoms with van der Waals surface area (Å²) in [5, 5.41) is 29.6. The highest BCUT2D eigenvalue weighted by molar-refractivity contribution is 5.82. The number of benzene rings is 1. The van der Waals surface area contributed by atoms with Crippen molar-refractivity contribution >= 4 is 17.9 Å². The van der Waals surface area contributed by atoms with Crippen LogP contribution in [0.5, 0.6) is 0 Å². The number of carbonyl (C=O) groups is 3. The van der Waals surface area contributed by atoms with Crippen LogP contribution >= 0.6 is 0 Å². The number of nitrogens with two attached hydrogens (primary N) is 2. The summed E-state index contributed by atoms with van der Waals surface area (Å²) in [5.41, 5.74) is 11.5. The first-order valence-electron chi connectivity index (χ1n) is 8.48. The fourth-order valence-electron chi connectivity index (χ4n) is 1.99. The molecule has 2 aromatic rings. The minimum Gasteiger partial charge on any atom is -0.480 e. The van der Waals surface area contributed by atoms with Gasteiger partial charge in [-0.1, -0.05) is 30.3 Å². The number of carboxylic acid groups (broad SMARTS) is 1. The molecule has 0 aliphatic heterocycles. The number of urea groups is 1. The van der Waals surface area contributed by atoms with Crippen LogP contribution < -0.4 is 22.1 Å². The average Bonchev–Trinajstić information content (AvgIpc) is 3.14. The van der Waals surface area contributed by atoms with E-state index < -0.39 is 30.7 Å². The fraction of sp³-hybridized carbons (Fsp3) is 0.353. The molecule has 3 amide bonds. The van der Waals surface area contributed by atoms with Crippen LogP contribution in [0.15, 0.2) is 34.7 Å². The molecule has 1 heterocycles. The molecule has 2 unspecified atom stereocenters. The molecule has 0 aliphatic carbocycles. The normalized spacial score (nSPS) is 12.1. The Morgan fingerprint density at radius 2 is 1.83 bits per heavy atom. The lowest BCUT2D eigenvalue weighted by Gasteiger charge is -2.11. The fourth-order valence-corrected chi connectivity index (χ4v) is 1.99. The van der Waals surface area contributed by atoms with Gasteiger partial charge >= 0.3 is 12.0 Å². The number of rotatable bonds is 8. The van der Waals surface area contributed by atoms with Crippen LogP contribution in [0, 0.1) is 0 Å². The van der Waals surface area contributed by atoms with Crippen molar-refractivity contribution in [2.75, 3.05) is 6.61 Å². The van der Waals surface area contributed by atoms with Crippen molar-refractivity contribution < 1.29 is 29.0 Å². The van der Waals surface area contributed by atoms with E-state index in [0.717, 1.165) is 5.56 Å². The number of nitrogens with one attached hydrogen (secondary N) is 2. The Morgan fingerprint density at radius 1 is 1.21 bits per heavy atom. The maximum absolute atomic E-state index is 11.6. The molecule has 1 aromatic heterocycles. The Bertz CT molecular complexity index is 793. The van der Waals surface area contributed by atoms with Crippen LogP contribution in [0.3, 0.4) is 0 Å². The summed E-state index contributed by atoms with van der Waals surface area (Å²) in [7, 11) is 0. The largest absolute Gasteiger partial charge is 0.480 e. The van der Waals surface area contributed by atoms with E-state index in [4.69, 9.17) is 20.4 Å². The van der Waals surface area contributed by atoms with E-state index in [-0.39, 0.29) is 24.2 Å². The molecule has 0 bridgehead atoms. The maximum atomic E-state index is 11.6. The van der Waals surface area contributed by atoms with Gasteiger partial charge < -0.3 is 36.7 Å². The first kappa shape index (κ1) is 23.5. The van der Waals surface area contributed by atoms with Crippen LogP contribution in [0.2, 0.25) is 0 Å². The third-order valence-corrected chi connectivity index (χ3v) is 3.28. The summed E-state index contributed by atoms with van der Waals surface area (Å²) < 4.78 is 5.39. The minimum atomic E-state index is -1.39. The van der Waals surface area contributed by atoms with Crippen molar-refractivity contribution in [1.82, 2.24) is 20.8 Å². The standard InChI is InChI=1S/C15H19N5O5.C2H5NO/c16-10(6-9-4-2-1-3-5-9)13-20-19-12(25-13)7-17-15(24)18-11(8-21)14(22)23;1-2(3)4/h1-5,10-11,21H,6-8,16H2,(H,22,23)(H2,17,18,24);1H3,(H2,3,4). The molecular weight excluding hydrogens is 384 g/mol. The highest BCUT2D eigenvalue weighted by Gasteiger charge is 2.19. The van der Waals surface area contributed by atoms with E-state index in [2.05, 4.69) is 26.6 Å². The van der Waals surface area contributed by atoms with Gasteiger partial charge in [0.2, 0.25) is 17.7 Å². The third kappa shape index (κ3) is 9.30. The number of aliphatic hydroxyl groups excluding tert-OH is 1. The molecule has 1 aromatic carbocycles. The van der Waals surface area contributed by atoms with Gasteiger partial charge in [0.15, 0.2) is 6.04 Å². The predicted octanol–water partition coefficient (Wildman–Crippen LogP) is -0.952. The highest BCUT2D eigenvalue weighted by Crippen LogP contribution is 2.14. The first-order valence-corrected chi connectivity index (χ1v) is 8.48. The molecule has 0 spiro atoms. The van der Waals surface area contributed by atoms with Crippen LogP contribution in [0.25, 0.3) is 0 Å². The van der Waals surface area contributed by atoms with E-state index in [1.807, 2.05) is 30.3 Å². The number of hydrogen-bond donors (Lipinski definition) is 6. The van der Waals surface area contributed by atoms with Gasteiger partial charge in [0.05, 0.1) is 19.2 Å². The predicted molar refractivity (Wildman–Crippen MR) is 100 cm³/mol. The molecular formula is C17H24N6O6. The number of primary amides is 1. The van der Waals surface area contributed by atoms with Gasteiger partial charge in [-0.2, -0.15) is 0 Å². The zero-order chi connectivity index (χ0) is 21.8. The number of carbonyl (C=O) groups excluding carboxylic acids is 2. The van der Waals surface area contributed by atoms with Crippen molar-refractivity contribution in [3.63, 3.8) is 0 Å². The number of aromatic nitrogens is 2. The van der Waals surface area contributed by atoms with Gasteiger partial charge in [-0.15, -0.1) is 10.2 Å². The van der Waals surface area contributed by atoms with E-state index in [1.165, 1.54) is 6.92 Å².